The highest BCUT2D eigenvalue weighted by Crippen LogP contribution is 2.20. The van der Waals surface area contributed by atoms with Crippen molar-refractivity contribution in [1.29, 1.82) is 0 Å². The van der Waals surface area contributed by atoms with Crippen molar-refractivity contribution >= 4 is 34.3 Å². The number of aromatic nitrogens is 1. The minimum atomic E-state index is -0.0470. The molecule has 2 aromatic carbocycles. The minimum absolute atomic E-state index is 0.00329. The predicted molar refractivity (Wildman–Crippen MR) is 106 cm³/mol. The van der Waals surface area contributed by atoms with Gasteiger partial charge in [0, 0.05) is 54.7 Å². The van der Waals surface area contributed by atoms with Gasteiger partial charge < -0.3 is 14.4 Å². The van der Waals surface area contributed by atoms with Crippen molar-refractivity contribution in [1.82, 2.24) is 14.4 Å². The zero-order chi connectivity index (χ0) is 19.0. The monoisotopic (exact) mass is 381 g/mol. The maximum absolute atomic E-state index is 13.0. The Morgan fingerprint density at radius 3 is 2.19 bits per heavy atom. The molecule has 0 N–H and O–H groups in total. The lowest BCUT2D eigenvalue weighted by molar-refractivity contribution is 0.0530. The fraction of sp³-hybridized carbons (Fsp3) is 0.238. The molecule has 1 aliphatic rings. The molecule has 2 amide bonds. The van der Waals surface area contributed by atoms with Crippen LogP contribution in [0.25, 0.3) is 10.9 Å². The van der Waals surface area contributed by atoms with Crippen LogP contribution >= 0.6 is 11.6 Å². The zero-order valence-electron chi connectivity index (χ0n) is 15.1. The third-order valence-electron chi connectivity index (χ3n) is 5.10. The van der Waals surface area contributed by atoms with E-state index in [2.05, 4.69) is 0 Å². The summed E-state index contributed by atoms with van der Waals surface area (Å²) < 4.78 is 1.93. The number of rotatable bonds is 2. The second-order valence-corrected chi connectivity index (χ2v) is 7.18. The molecule has 0 atom stereocenters. The smallest absolute Gasteiger partial charge is 0.270 e. The van der Waals surface area contributed by atoms with Gasteiger partial charge in [-0.2, -0.15) is 0 Å². The highest BCUT2D eigenvalue weighted by molar-refractivity contribution is 6.30. The van der Waals surface area contributed by atoms with Crippen molar-refractivity contribution in [3.8, 4) is 0 Å². The highest BCUT2D eigenvalue weighted by Gasteiger charge is 2.27. The summed E-state index contributed by atoms with van der Waals surface area (Å²) in [5.74, 6) is -0.0437. The van der Waals surface area contributed by atoms with Gasteiger partial charge in [-0.1, -0.05) is 35.9 Å². The molecule has 4 rings (SSSR count). The number of aryl methyl sites for hydroxylation is 1. The van der Waals surface area contributed by atoms with Crippen LogP contribution in [0.2, 0.25) is 5.02 Å². The lowest BCUT2D eigenvalue weighted by Gasteiger charge is -2.34. The Morgan fingerprint density at radius 2 is 1.52 bits per heavy atom. The van der Waals surface area contributed by atoms with Crippen LogP contribution in [0, 0.1) is 0 Å². The summed E-state index contributed by atoms with van der Waals surface area (Å²) in [7, 11) is 1.91. The molecular weight excluding hydrogens is 362 g/mol. The van der Waals surface area contributed by atoms with E-state index in [0.29, 0.717) is 42.5 Å². The number of nitrogens with zero attached hydrogens (tertiary/aromatic N) is 3. The Kier molecular flexibility index (Phi) is 4.62. The van der Waals surface area contributed by atoms with Crippen molar-refractivity contribution in [2.75, 3.05) is 26.2 Å². The highest BCUT2D eigenvalue weighted by atomic mass is 35.5. The van der Waals surface area contributed by atoms with E-state index in [1.807, 2.05) is 46.8 Å². The second kappa shape index (κ2) is 7.08. The summed E-state index contributed by atoms with van der Waals surface area (Å²) in [6.07, 6.45) is 0. The molecule has 1 aromatic heterocycles. The normalized spacial score (nSPS) is 14.6. The number of benzene rings is 2. The van der Waals surface area contributed by atoms with E-state index in [4.69, 9.17) is 11.6 Å². The number of fused-ring (bicyclic) bond motifs is 1. The summed E-state index contributed by atoms with van der Waals surface area (Å²) in [4.78, 5) is 29.2. The van der Waals surface area contributed by atoms with Gasteiger partial charge in [-0.15, -0.1) is 0 Å². The molecule has 138 valence electrons. The Balaban J connectivity index is 1.46. The van der Waals surface area contributed by atoms with E-state index < -0.39 is 0 Å². The average Bonchev–Trinajstić information content (AvgIpc) is 3.04. The average molecular weight is 382 g/mol. The van der Waals surface area contributed by atoms with Crippen molar-refractivity contribution < 1.29 is 9.59 Å². The Morgan fingerprint density at radius 1 is 0.852 bits per heavy atom. The number of halogens is 1. The molecular formula is C21H20ClN3O2. The zero-order valence-corrected chi connectivity index (χ0v) is 15.8. The molecule has 0 spiro atoms. The summed E-state index contributed by atoms with van der Waals surface area (Å²) in [5.41, 5.74) is 2.29. The third-order valence-corrected chi connectivity index (χ3v) is 5.33. The molecule has 1 fully saturated rings. The van der Waals surface area contributed by atoms with E-state index in [1.165, 1.54) is 0 Å². The Bertz CT molecular complexity index is 1020. The molecule has 0 radical (unpaired) electrons. The van der Waals surface area contributed by atoms with Gasteiger partial charge in [0.15, 0.2) is 0 Å². The van der Waals surface area contributed by atoms with Crippen molar-refractivity contribution in [3.05, 3.63) is 70.9 Å². The fourth-order valence-corrected chi connectivity index (χ4v) is 3.76. The first-order chi connectivity index (χ1) is 13.0. The summed E-state index contributed by atoms with van der Waals surface area (Å²) in [6.45, 7) is 2.07. The number of hydrogen-bond donors (Lipinski definition) is 0. The first kappa shape index (κ1) is 17.6. The molecule has 3 aromatic rings. The number of carbonyl (C=O) groups is 2. The van der Waals surface area contributed by atoms with Crippen LogP contribution in [0.4, 0.5) is 0 Å². The molecule has 1 saturated heterocycles. The van der Waals surface area contributed by atoms with Gasteiger partial charge in [0.1, 0.15) is 5.69 Å². The maximum atomic E-state index is 13.0. The Hall–Kier alpha value is -2.79. The van der Waals surface area contributed by atoms with Crippen LogP contribution < -0.4 is 0 Å². The lowest BCUT2D eigenvalue weighted by atomic mass is 10.1. The number of para-hydroxylation sites is 1. The molecule has 0 bridgehead atoms. The molecule has 2 heterocycles. The molecule has 0 aliphatic carbocycles. The maximum Gasteiger partial charge on any atom is 0.270 e. The SMILES string of the molecule is Cn1c(C(=O)N2CCN(C(=O)c3cccc(Cl)c3)CC2)cc2ccccc21. The van der Waals surface area contributed by atoms with E-state index >= 15 is 0 Å². The van der Waals surface area contributed by atoms with Gasteiger partial charge >= 0.3 is 0 Å². The van der Waals surface area contributed by atoms with Gasteiger partial charge in [0.05, 0.1) is 0 Å². The van der Waals surface area contributed by atoms with Gasteiger partial charge in [0.2, 0.25) is 0 Å². The second-order valence-electron chi connectivity index (χ2n) is 6.74. The van der Waals surface area contributed by atoms with E-state index in [0.717, 1.165) is 10.9 Å². The Labute approximate surface area is 162 Å². The number of piperazine rings is 1. The summed E-state index contributed by atoms with van der Waals surface area (Å²) in [5, 5.41) is 1.60. The van der Waals surface area contributed by atoms with Crippen LogP contribution in [-0.4, -0.2) is 52.4 Å². The van der Waals surface area contributed by atoms with Crippen LogP contribution in [-0.2, 0) is 7.05 Å². The largest absolute Gasteiger partial charge is 0.340 e. The minimum Gasteiger partial charge on any atom is -0.340 e. The van der Waals surface area contributed by atoms with Crippen molar-refractivity contribution in [3.63, 3.8) is 0 Å². The van der Waals surface area contributed by atoms with Crippen LogP contribution in [0.3, 0.4) is 0 Å². The summed E-state index contributed by atoms with van der Waals surface area (Å²) in [6, 6.07) is 16.8. The predicted octanol–water partition coefficient (Wildman–Crippen LogP) is 3.43. The van der Waals surface area contributed by atoms with E-state index in [-0.39, 0.29) is 11.8 Å². The van der Waals surface area contributed by atoms with Gasteiger partial charge in [0.25, 0.3) is 11.8 Å². The molecule has 6 heteroatoms. The molecule has 27 heavy (non-hydrogen) atoms. The number of carbonyl (C=O) groups excluding carboxylic acids is 2. The first-order valence-corrected chi connectivity index (χ1v) is 9.31. The number of amides is 2. The quantitative estimate of drug-likeness (QED) is 0.682. The van der Waals surface area contributed by atoms with E-state index in [9.17, 15) is 9.59 Å². The van der Waals surface area contributed by atoms with Crippen LogP contribution in [0.15, 0.2) is 54.6 Å². The fourth-order valence-electron chi connectivity index (χ4n) is 3.57. The van der Waals surface area contributed by atoms with Crippen molar-refractivity contribution in [2.24, 2.45) is 7.05 Å². The lowest BCUT2D eigenvalue weighted by Crippen LogP contribution is -2.50. The van der Waals surface area contributed by atoms with E-state index in [1.54, 1.807) is 29.2 Å². The van der Waals surface area contributed by atoms with Crippen LogP contribution in [0.1, 0.15) is 20.8 Å². The van der Waals surface area contributed by atoms with Gasteiger partial charge in [-0.25, -0.2) is 0 Å². The molecule has 1 aliphatic heterocycles. The third kappa shape index (κ3) is 3.30. The summed E-state index contributed by atoms with van der Waals surface area (Å²) >= 11 is 5.98. The number of hydrogen-bond acceptors (Lipinski definition) is 2. The van der Waals surface area contributed by atoms with Crippen LogP contribution in [0.5, 0.6) is 0 Å². The topological polar surface area (TPSA) is 45.6 Å². The first-order valence-electron chi connectivity index (χ1n) is 8.93. The molecule has 0 saturated carbocycles. The standard InChI is InChI=1S/C21H20ClN3O2/c1-23-18-8-3-2-5-15(18)14-19(23)21(27)25-11-9-24(10-12-25)20(26)16-6-4-7-17(22)13-16/h2-8,13-14H,9-12H2,1H3. The molecule has 5 nitrogen and oxygen atoms in total. The molecule has 0 unspecified atom stereocenters. The van der Waals surface area contributed by atoms with Gasteiger partial charge in [-0.05, 0) is 30.3 Å². The van der Waals surface area contributed by atoms with Crippen molar-refractivity contribution in [2.45, 2.75) is 0 Å². The van der Waals surface area contributed by atoms with Gasteiger partial charge in [-0.3, -0.25) is 9.59 Å².